The lowest BCUT2D eigenvalue weighted by molar-refractivity contribution is 0.340. The van der Waals surface area contributed by atoms with E-state index in [9.17, 15) is 0 Å². The Morgan fingerprint density at radius 3 is 2.09 bits per heavy atom. The monoisotopic (exact) mass is 297 g/mol. The summed E-state index contributed by atoms with van der Waals surface area (Å²) in [6.07, 6.45) is 0.966. The molecule has 0 spiro atoms. The van der Waals surface area contributed by atoms with Crippen molar-refractivity contribution in [2.45, 2.75) is 40.0 Å². The van der Waals surface area contributed by atoms with Crippen molar-refractivity contribution in [2.24, 2.45) is 5.73 Å². The van der Waals surface area contributed by atoms with Gasteiger partial charge in [0.1, 0.15) is 5.75 Å². The highest BCUT2D eigenvalue weighted by atomic mass is 16.5. The highest BCUT2D eigenvalue weighted by molar-refractivity contribution is 5.41. The smallest absolute Gasteiger partial charge is 0.119 e. The Morgan fingerprint density at radius 1 is 1.00 bits per heavy atom. The Kier molecular flexibility index (Phi) is 5.62. The van der Waals surface area contributed by atoms with Crippen LogP contribution in [-0.4, -0.2) is 13.2 Å². The van der Waals surface area contributed by atoms with E-state index in [-0.39, 0.29) is 0 Å². The third-order valence-corrected chi connectivity index (χ3v) is 4.15. The van der Waals surface area contributed by atoms with Crippen LogP contribution in [-0.2, 0) is 6.42 Å². The maximum absolute atomic E-state index is 6.08. The number of hydrogen-bond donors (Lipinski definition) is 1. The van der Waals surface area contributed by atoms with Gasteiger partial charge in [0.25, 0.3) is 0 Å². The molecule has 1 unspecified atom stereocenters. The van der Waals surface area contributed by atoms with Gasteiger partial charge in [-0.05, 0) is 75.0 Å². The molecule has 2 aromatic carbocycles. The van der Waals surface area contributed by atoms with E-state index < -0.39 is 0 Å². The SMILES string of the molecule is CCOc1ccc(CC(CN)c2c(C)cc(C)cc2C)cc1. The van der Waals surface area contributed by atoms with Gasteiger partial charge in [-0.1, -0.05) is 29.8 Å². The van der Waals surface area contributed by atoms with E-state index in [1.165, 1.54) is 27.8 Å². The van der Waals surface area contributed by atoms with Crippen molar-refractivity contribution in [3.63, 3.8) is 0 Å². The highest BCUT2D eigenvalue weighted by Gasteiger charge is 2.16. The molecule has 0 aliphatic carbocycles. The highest BCUT2D eigenvalue weighted by Crippen LogP contribution is 2.28. The molecule has 0 saturated carbocycles. The van der Waals surface area contributed by atoms with Crippen LogP contribution >= 0.6 is 0 Å². The van der Waals surface area contributed by atoms with Crippen LogP contribution < -0.4 is 10.5 Å². The predicted octanol–water partition coefficient (Wildman–Crippen LogP) is 4.30. The summed E-state index contributed by atoms with van der Waals surface area (Å²) in [6.45, 7) is 9.89. The summed E-state index contributed by atoms with van der Waals surface area (Å²) >= 11 is 0. The Balaban J connectivity index is 2.22. The van der Waals surface area contributed by atoms with E-state index in [0.29, 0.717) is 19.1 Å². The van der Waals surface area contributed by atoms with Crippen LogP contribution in [0.2, 0.25) is 0 Å². The molecule has 2 nitrogen and oxygen atoms in total. The minimum Gasteiger partial charge on any atom is -0.494 e. The van der Waals surface area contributed by atoms with Crippen LogP contribution in [0.15, 0.2) is 36.4 Å². The predicted molar refractivity (Wildman–Crippen MR) is 93.8 cm³/mol. The average molecular weight is 297 g/mol. The number of nitrogens with two attached hydrogens (primary N) is 1. The lowest BCUT2D eigenvalue weighted by Crippen LogP contribution is -2.17. The van der Waals surface area contributed by atoms with Gasteiger partial charge in [0.15, 0.2) is 0 Å². The summed E-state index contributed by atoms with van der Waals surface area (Å²) in [7, 11) is 0. The lowest BCUT2D eigenvalue weighted by Gasteiger charge is -2.21. The van der Waals surface area contributed by atoms with Crippen molar-refractivity contribution in [1.29, 1.82) is 0 Å². The second-order valence-electron chi connectivity index (χ2n) is 6.03. The zero-order valence-corrected chi connectivity index (χ0v) is 14.1. The van der Waals surface area contributed by atoms with Gasteiger partial charge in [0.2, 0.25) is 0 Å². The van der Waals surface area contributed by atoms with Crippen LogP contribution in [0, 0.1) is 20.8 Å². The van der Waals surface area contributed by atoms with Crippen molar-refractivity contribution in [3.8, 4) is 5.75 Å². The molecular formula is C20H27NO. The maximum Gasteiger partial charge on any atom is 0.119 e. The van der Waals surface area contributed by atoms with E-state index >= 15 is 0 Å². The molecule has 22 heavy (non-hydrogen) atoms. The minimum atomic E-state index is 0.360. The van der Waals surface area contributed by atoms with Crippen molar-refractivity contribution < 1.29 is 4.74 Å². The van der Waals surface area contributed by atoms with Gasteiger partial charge in [0, 0.05) is 5.92 Å². The van der Waals surface area contributed by atoms with Crippen LogP contribution in [0.4, 0.5) is 0 Å². The molecule has 0 heterocycles. The molecule has 0 radical (unpaired) electrons. The van der Waals surface area contributed by atoms with Crippen LogP contribution in [0.25, 0.3) is 0 Å². The standard InChI is InChI=1S/C20H27NO/c1-5-22-19-8-6-17(7-9-19)12-18(13-21)20-15(3)10-14(2)11-16(20)4/h6-11,18H,5,12-13,21H2,1-4H3. The summed E-state index contributed by atoms with van der Waals surface area (Å²) in [5, 5.41) is 0. The van der Waals surface area contributed by atoms with E-state index in [1.807, 2.05) is 19.1 Å². The number of aryl methyl sites for hydroxylation is 3. The van der Waals surface area contributed by atoms with Crippen molar-refractivity contribution in [3.05, 3.63) is 64.2 Å². The van der Waals surface area contributed by atoms with Gasteiger partial charge in [-0.15, -0.1) is 0 Å². The fraction of sp³-hybridized carbons (Fsp3) is 0.400. The largest absolute Gasteiger partial charge is 0.494 e. The topological polar surface area (TPSA) is 35.2 Å². The molecule has 118 valence electrons. The molecule has 2 heteroatoms. The molecule has 0 fully saturated rings. The van der Waals surface area contributed by atoms with Crippen molar-refractivity contribution >= 4 is 0 Å². The van der Waals surface area contributed by atoms with Crippen LogP contribution in [0.3, 0.4) is 0 Å². The quantitative estimate of drug-likeness (QED) is 0.863. The number of benzene rings is 2. The van der Waals surface area contributed by atoms with Gasteiger partial charge in [-0.2, -0.15) is 0 Å². The van der Waals surface area contributed by atoms with Crippen LogP contribution in [0.1, 0.15) is 40.7 Å². The van der Waals surface area contributed by atoms with Gasteiger partial charge in [0.05, 0.1) is 6.61 Å². The molecule has 2 rings (SSSR count). The fourth-order valence-corrected chi connectivity index (χ4v) is 3.31. The summed E-state index contributed by atoms with van der Waals surface area (Å²) < 4.78 is 5.50. The first-order valence-corrected chi connectivity index (χ1v) is 8.04. The summed E-state index contributed by atoms with van der Waals surface area (Å²) in [6, 6.07) is 12.9. The van der Waals surface area contributed by atoms with Gasteiger partial charge < -0.3 is 10.5 Å². The Labute approximate surface area is 134 Å². The van der Waals surface area contributed by atoms with Crippen molar-refractivity contribution in [2.75, 3.05) is 13.2 Å². The molecule has 2 aromatic rings. The Morgan fingerprint density at radius 2 is 1.59 bits per heavy atom. The third kappa shape index (κ3) is 3.89. The normalized spacial score (nSPS) is 12.2. The molecule has 0 aliphatic rings. The lowest BCUT2D eigenvalue weighted by atomic mass is 9.85. The Hall–Kier alpha value is -1.80. The number of hydrogen-bond acceptors (Lipinski definition) is 2. The second-order valence-corrected chi connectivity index (χ2v) is 6.03. The summed E-state index contributed by atoms with van der Waals surface area (Å²) in [4.78, 5) is 0. The maximum atomic E-state index is 6.08. The van der Waals surface area contributed by atoms with E-state index in [2.05, 4.69) is 45.0 Å². The first-order chi connectivity index (χ1) is 10.5. The molecule has 0 aromatic heterocycles. The molecule has 2 N–H and O–H groups in total. The van der Waals surface area contributed by atoms with E-state index in [1.54, 1.807) is 0 Å². The summed E-state index contributed by atoms with van der Waals surface area (Å²) in [5.41, 5.74) is 12.8. The van der Waals surface area contributed by atoms with E-state index in [0.717, 1.165) is 12.2 Å². The first-order valence-electron chi connectivity index (χ1n) is 8.04. The van der Waals surface area contributed by atoms with Crippen LogP contribution in [0.5, 0.6) is 5.75 Å². The molecule has 0 aliphatic heterocycles. The zero-order valence-electron chi connectivity index (χ0n) is 14.1. The number of ether oxygens (including phenoxy) is 1. The zero-order chi connectivity index (χ0) is 16.1. The van der Waals surface area contributed by atoms with Gasteiger partial charge in [-0.3, -0.25) is 0 Å². The Bertz CT molecular complexity index is 593. The van der Waals surface area contributed by atoms with Crippen molar-refractivity contribution in [1.82, 2.24) is 0 Å². The third-order valence-electron chi connectivity index (χ3n) is 4.15. The number of rotatable bonds is 6. The van der Waals surface area contributed by atoms with E-state index in [4.69, 9.17) is 10.5 Å². The molecule has 0 amide bonds. The molecular weight excluding hydrogens is 270 g/mol. The molecule has 0 bridgehead atoms. The first kappa shape index (κ1) is 16.6. The molecule has 1 atom stereocenters. The van der Waals surface area contributed by atoms with Gasteiger partial charge in [-0.25, -0.2) is 0 Å². The second kappa shape index (κ2) is 7.46. The fourth-order valence-electron chi connectivity index (χ4n) is 3.31. The molecule has 0 saturated heterocycles. The summed E-state index contributed by atoms with van der Waals surface area (Å²) in [5.74, 6) is 1.29. The van der Waals surface area contributed by atoms with Gasteiger partial charge >= 0.3 is 0 Å². The average Bonchev–Trinajstić information content (AvgIpc) is 2.47. The minimum absolute atomic E-state index is 0.360.